The lowest BCUT2D eigenvalue weighted by atomic mass is 10.2. The molecule has 2 atom stereocenters. The monoisotopic (exact) mass is 250 g/mol. The maximum absolute atomic E-state index is 12.8. The number of benzene rings is 1. The molecule has 0 spiro atoms. The topological polar surface area (TPSA) is 69.9 Å². The number of ether oxygens (including phenoxy) is 1. The molecule has 0 saturated heterocycles. The Balaban J connectivity index is 2.59. The van der Waals surface area contributed by atoms with Gasteiger partial charge in [0.2, 0.25) is 0 Å². The standard InChI is InChI=1S/C10H12ClFO4/c11-8-3-6(1-2-9(8)12)10(15)16-5-7(14)4-13/h1-3,7,10,13-15H,4-5H2. The van der Waals surface area contributed by atoms with Gasteiger partial charge in [0.15, 0.2) is 6.29 Å². The zero-order chi connectivity index (χ0) is 12.1. The second-order valence-electron chi connectivity index (χ2n) is 3.20. The fourth-order valence-corrected chi connectivity index (χ4v) is 1.21. The van der Waals surface area contributed by atoms with Crippen molar-refractivity contribution in [3.05, 3.63) is 34.6 Å². The average molecular weight is 251 g/mol. The Kier molecular flexibility index (Phi) is 5.11. The first-order valence-electron chi connectivity index (χ1n) is 4.58. The molecule has 0 fully saturated rings. The Morgan fingerprint density at radius 2 is 2.06 bits per heavy atom. The summed E-state index contributed by atoms with van der Waals surface area (Å²) in [7, 11) is 0. The third-order valence-electron chi connectivity index (χ3n) is 1.89. The number of hydrogen-bond donors (Lipinski definition) is 3. The number of aliphatic hydroxyl groups is 3. The molecule has 2 unspecified atom stereocenters. The largest absolute Gasteiger partial charge is 0.394 e. The summed E-state index contributed by atoms with van der Waals surface area (Å²) in [5, 5.41) is 26.9. The molecule has 0 saturated carbocycles. The van der Waals surface area contributed by atoms with Gasteiger partial charge in [-0.1, -0.05) is 17.7 Å². The molecule has 0 amide bonds. The fraction of sp³-hybridized carbons (Fsp3) is 0.400. The van der Waals surface area contributed by atoms with E-state index in [4.69, 9.17) is 26.6 Å². The van der Waals surface area contributed by atoms with E-state index < -0.39 is 24.8 Å². The van der Waals surface area contributed by atoms with E-state index >= 15 is 0 Å². The Labute approximate surface area is 96.9 Å². The summed E-state index contributed by atoms with van der Waals surface area (Å²) >= 11 is 5.52. The Hall–Kier alpha value is -0.720. The molecule has 0 aromatic heterocycles. The van der Waals surface area contributed by atoms with Gasteiger partial charge in [-0.15, -0.1) is 0 Å². The summed E-state index contributed by atoms with van der Waals surface area (Å²) in [6.45, 7) is -0.691. The van der Waals surface area contributed by atoms with Gasteiger partial charge in [-0.2, -0.15) is 0 Å². The van der Waals surface area contributed by atoms with E-state index in [1.807, 2.05) is 0 Å². The molecule has 4 nitrogen and oxygen atoms in total. The first-order chi connectivity index (χ1) is 7.54. The molecule has 3 N–H and O–H groups in total. The molecular formula is C10H12ClFO4. The molecule has 1 aromatic carbocycles. The van der Waals surface area contributed by atoms with Crippen molar-refractivity contribution in [3.8, 4) is 0 Å². The number of aliphatic hydroxyl groups excluding tert-OH is 3. The van der Waals surface area contributed by atoms with Crippen molar-refractivity contribution in [2.75, 3.05) is 13.2 Å². The lowest BCUT2D eigenvalue weighted by molar-refractivity contribution is -0.130. The predicted molar refractivity (Wildman–Crippen MR) is 55.4 cm³/mol. The van der Waals surface area contributed by atoms with Crippen LogP contribution in [0.4, 0.5) is 4.39 Å². The molecule has 16 heavy (non-hydrogen) atoms. The molecule has 0 heterocycles. The maximum Gasteiger partial charge on any atom is 0.181 e. The molecular weight excluding hydrogens is 239 g/mol. The highest BCUT2D eigenvalue weighted by Crippen LogP contribution is 2.21. The van der Waals surface area contributed by atoms with Crippen LogP contribution in [0.5, 0.6) is 0 Å². The second kappa shape index (κ2) is 6.12. The maximum atomic E-state index is 12.8. The summed E-state index contributed by atoms with van der Waals surface area (Å²) in [6, 6.07) is 3.65. The van der Waals surface area contributed by atoms with Crippen molar-refractivity contribution in [1.82, 2.24) is 0 Å². The summed E-state index contributed by atoms with van der Waals surface area (Å²) in [6.07, 6.45) is -2.38. The number of halogens is 2. The quantitative estimate of drug-likeness (QED) is 0.678. The molecule has 90 valence electrons. The van der Waals surface area contributed by atoms with Crippen molar-refractivity contribution in [1.29, 1.82) is 0 Å². The zero-order valence-electron chi connectivity index (χ0n) is 8.31. The van der Waals surface area contributed by atoms with Crippen LogP contribution in [0.2, 0.25) is 5.02 Å². The van der Waals surface area contributed by atoms with Crippen molar-refractivity contribution in [2.45, 2.75) is 12.4 Å². The van der Waals surface area contributed by atoms with E-state index in [2.05, 4.69) is 0 Å². The van der Waals surface area contributed by atoms with Crippen LogP contribution in [-0.4, -0.2) is 34.6 Å². The van der Waals surface area contributed by atoms with Crippen LogP contribution in [0, 0.1) is 5.82 Å². The van der Waals surface area contributed by atoms with Gasteiger partial charge in [-0.25, -0.2) is 4.39 Å². The zero-order valence-corrected chi connectivity index (χ0v) is 9.06. The number of hydrogen-bond acceptors (Lipinski definition) is 4. The Morgan fingerprint density at radius 1 is 1.38 bits per heavy atom. The van der Waals surface area contributed by atoms with Crippen molar-refractivity contribution in [3.63, 3.8) is 0 Å². The summed E-state index contributed by atoms with van der Waals surface area (Å²) in [5.74, 6) is -0.590. The highest BCUT2D eigenvalue weighted by atomic mass is 35.5. The minimum Gasteiger partial charge on any atom is -0.394 e. The Morgan fingerprint density at radius 3 is 2.62 bits per heavy atom. The van der Waals surface area contributed by atoms with E-state index in [-0.39, 0.29) is 17.2 Å². The van der Waals surface area contributed by atoms with Crippen LogP contribution < -0.4 is 0 Å². The van der Waals surface area contributed by atoms with Gasteiger partial charge in [0.1, 0.15) is 11.9 Å². The Bertz CT molecular complexity index is 348. The third kappa shape index (κ3) is 3.70. The van der Waals surface area contributed by atoms with Gasteiger partial charge in [0, 0.05) is 5.56 Å². The molecule has 1 rings (SSSR count). The summed E-state index contributed by atoms with van der Waals surface area (Å²) < 4.78 is 17.6. The summed E-state index contributed by atoms with van der Waals surface area (Å²) in [4.78, 5) is 0. The lowest BCUT2D eigenvalue weighted by Crippen LogP contribution is -2.21. The molecule has 6 heteroatoms. The van der Waals surface area contributed by atoms with Crippen LogP contribution >= 0.6 is 11.6 Å². The molecule has 0 aliphatic rings. The van der Waals surface area contributed by atoms with Crippen LogP contribution in [0.25, 0.3) is 0 Å². The van der Waals surface area contributed by atoms with Gasteiger partial charge >= 0.3 is 0 Å². The van der Waals surface area contributed by atoms with Gasteiger partial charge in [0.05, 0.1) is 18.2 Å². The normalized spacial score (nSPS) is 14.8. The predicted octanol–water partition coefficient (Wildman–Crippen LogP) is 0.840. The molecule has 0 aliphatic heterocycles. The molecule has 1 aromatic rings. The van der Waals surface area contributed by atoms with Gasteiger partial charge < -0.3 is 20.1 Å². The highest BCUT2D eigenvalue weighted by molar-refractivity contribution is 6.30. The summed E-state index contributed by atoms with van der Waals surface area (Å²) in [5.41, 5.74) is 0.275. The van der Waals surface area contributed by atoms with Crippen LogP contribution in [0.15, 0.2) is 18.2 Å². The van der Waals surface area contributed by atoms with Gasteiger partial charge in [-0.05, 0) is 12.1 Å². The number of rotatable bonds is 5. The lowest BCUT2D eigenvalue weighted by Gasteiger charge is -2.14. The average Bonchev–Trinajstić information content (AvgIpc) is 2.29. The van der Waals surface area contributed by atoms with Crippen LogP contribution in [0.3, 0.4) is 0 Å². The van der Waals surface area contributed by atoms with E-state index in [9.17, 15) is 9.50 Å². The first kappa shape index (κ1) is 13.3. The SMILES string of the molecule is OCC(O)COC(O)c1ccc(F)c(Cl)c1. The minimum absolute atomic E-state index is 0.122. The molecule has 0 aliphatic carbocycles. The second-order valence-corrected chi connectivity index (χ2v) is 3.60. The molecule has 0 radical (unpaired) electrons. The van der Waals surface area contributed by atoms with E-state index in [1.165, 1.54) is 12.1 Å². The highest BCUT2D eigenvalue weighted by Gasteiger charge is 2.12. The third-order valence-corrected chi connectivity index (χ3v) is 2.18. The van der Waals surface area contributed by atoms with Crippen LogP contribution in [0.1, 0.15) is 11.9 Å². The van der Waals surface area contributed by atoms with E-state index in [0.29, 0.717) is 0 Å². The van der Waals surface area contributed by atoms with Crippen molar-refractivity contribution < 1.29 is 24.4 Å². The minimum atomic E-state index is -1.32. The van der Waals surface area contributed by atoms with Crippen LogP contribution in [-0.2, 0) is 4.74 Å². The first-order valence-corrected chi connectivity index (χ1v) is 4.96. The molecule has 0 bridgehead atoms. The van der Waals surface area contributed by atoms with E-state index in [0.717, 1.165) is 6.07 Å². The van der Waals surface area contributed by atoms with Gasteiger partial charge in [-0.3, -0.25) is 0 Å². The van der Waals surface area contributed by atoms with Crippen molar-refractivity contribution >= 4 is 11.6 Å². The van der Waals surface area contributed by atoms with E-state index in [1.54, 1.807) is 0 Å². The fourth-order valence-electron chi connectivity index (χ4n) is 1.02. The van der Waals surface area contributed by atoms with Crippen molar-refractivity contribution in [2.24, 2.45) is 0 Å². The van der Waals surface area contributed by atoms with Gasteiger partial charge in [0.25, 0.3) is 0 Å². The smallest absolute Gasteiger partial charge is 0.181 e.